The van der Waals surface area contributed by atoms with E-state index in [4.69, 9.17) is 0 Å². The van der Waals surface area contributed by atoms with Crippen LogP contribution in [0.4, 0.5) is 0 Å². The molecule has 0 bridgehead atoms. The molecule has 0 aliphatic heterocycles. The molecule has 0 spiro atoms. The molecule has 0 saturated heterocycles. The van der Waals surface area contributed by atoms with E-state index in [9.17, 15) is 5.11 Å². The van der Waals surface area contributed by atoms with Gasteiger partial charge in [-0.2, -0.15) is 0 Å². The van der Waals surface area contributed by atoms with E-state index in [1.165, 1.54) is 12.7 Å². The number of rotatable bonds is 1. The van der Waals surface area contributed by atoms with Gasteiger partial charge in [0, 0.05) is 46.9 Å². The number of hydrogen-bond donors (Lipinski definition) is 2. The molecule has 108 valence electrons. The first-order valence-corrected chi connectivity index (χ1v) is 6.60. The van der Waals surface area contributed by atoms with E-state index in [1.807, 2.05) is 12.1 Å². The molecule has 2 N–H and O–H groups in total. The molecule has 4 rings (SSSR count). The smallest absolute Gasteiger partial charge is 0.116 e. The molecule has 3 aromatic heterocycles. The van der Waals surface area contributed by atoms with E-state index >= 15 is 0 Å². The Hall–Kier alpha value is -3.28. The van der Waals surface area contributed by atoms with Gasteiger partial charge in [0.05, 0.1) is 0 Å². The zero-order chi connectivity index (χ0) is 15.2. The Kier molecular flexibility index (Phi) is 4.01. The van der Waals surface area contributed by atoms with Crippen molar-refractivity contribution in [2.24, 2.45) is 0 Å². The fourth-order valence-corrected chi connectivity index (χ4v) is 1.97. The van der Waals surface area contributed by atoms with Gasteiger partial charge in [0.15, 0.2) is 0 Å². The van der Waals surface area contributed by atoms with Gasteiger partial charge in [-0.25, -0.2) is 19.9 Å². The predicted octanol–water partition coefficient (Wildman–Crippen LogP) is 2.81. The first-order valence-electron chi connectivity index (χ1n) is 6.60. The maximum Gasteiger partial charge on any atom is 0.116 e. The van der Waals surface area contributed by atoms with Gasteiger partial charge in [0.2, 0.25) is 0 Å². The standard InChI is InChI=1S/C12H9N3O.C4H4N2/c16-10-1-2-11-8(3-10)4-12(15-11)9-5-13-7-14-6-9;1-2-5-4-6-3-1/h1-7,15-16H;1-4H. The summed E-state index contributed by atoms with van der Waals surface area (Å²) in [5.74, 6) is 0.266. The Morgan fingerprint density at radius 3 is 2.23 bits per heavy atom. The monoisotopic (exact) mass is 291 g/mol. The van der Waals surface area contributed by atoms with Crippen LogP contribution in [0.5, 0.6) is 5.75 Å². The van der Waals surface area contributed by atoms with Crippen molar-refractivity contribution in [1.82, 2.24) is 24.9 Å². The largest absolute Gasteiger partial charge is 0.508 e. The van der Waals surface area contributed by atoms with Gasteiger partial charge in [-0.15, -0.1) is 0 Å². The zero-order valence-electron chi connectivity index (χ0n) is 11.6. The number of phenols is 1. The third kappa shape index (κ3) is 3.24. The summed E-state index contributed by atoms with van der Waals surface area (Å²) in [6.45, 7) is 0. The second-order valence-corrected chi connectivity index (χ2v) is 4.49. The van der Waals surface area contributed by atoms with Gasteiger partial charge in [0.25, 0.3) is 0 Å². The van der Waals surface area contributed by atoms with Gasteiger partial charge in [-0.05, 0) is 30.3 Å². The molecule has 0 aliphatic carbocycles. The van der Waals surface area contributed by atoms with Crippen molar-refractivity contribution < 1.29 is 5.11 Å². The molecule has 0 unspecified atom stereocenters. The van der Waals surface area contributed by atoms with Gasteiger partial charge in [0.1, 0.15) is 18.4 Å². The van der Waals surface area contributed by atoms with E-state index in [-0.39, 0.29) is 5.75 Å². The summed E-state index contributed by atoms with van der Waals surface area (Å²) in [6, 6.07) is 8.97. The molecule has 0 atom stereocenters. The van der Waals surface area contributed by atoms with Crippen molar-refractivity contribution in [1.29, 1.82) is 0 Å². The van der Waals surface area contributed by atoms with Crippen molar-refractivity contribution in [2.75, 3.05) is 0 Å². The molecule has 6 heteroatoms. The quantitative estimate of drug-likeness (QED) is 0.563. The molecule has 22 heavy (non-hydrogen) atoms. The van der Waals surface area contributed by atoms with Crippen LogP contribution in [-0.4, -0.2) is 30.0 Å². The van der Waals surface area contributed by atoms with Crippen LogP contribution in [0.25, 0.3) is 22.2 Å². The maximum absolute atomic E-state index is 9.37. The van der Waals surface area contributed by atoms with E-state index in [0.717, 1.165) is 22.2 Å². The summed E-state index contributed by atoms with van der Waals surface area (Å²) < 4.78 is 0. The van der Waals surface area contributed by atoms with Gasteiger partial charge >= 0.3 is 0 Å². The van der Waals surface area contributed by atoms with Gasteiger partial charge in [-0.1, -0.05) is 0 Å². The summed E-state index contributed by atoms with van der Waals surface area (Å²) in [5, 5.41) is 10.3. The van der Waals surface area contributed by atoms with Crippen LogP contribution in [-0.2, 0) is 0 Å². The number of nitrogens with one attached hydrogen (secondary N) is 1. The van der Waals surface area contributed by atoms with Gasteiger partial charge in [-0.3, -0.25) is 0 Å². The van der Waals surface area contributed by atoms with Crippen LogP contribution in [0.1, 0.15) is 0 Å². The van der Waals surface area contributed by atoms with Crippen LogP contribution in [0.2, 0.25) is 0 Å². The Labute approximate surface area is 126 Å². The first-order chi connectivity index (χ1) is 10.8. The van der Waals surface area contributed by atoms with E-state index in [1.54, 1.807) is 43.0 Å². The molecule has 1 aromatic carbocycles. The van der Waals surface area contributed by atoms with Crippen LogP contribution in [0, 0.1) is 0 Å². The number of nitrogens with zero attached hydrogens (tertiary/aromatic N) is 4. The Morgan fingerprint density at radius 1 is 0.864 bits per heavy atom. The highest BCUT2D eigenvalue weighted by Crippen LogP contribution is 2.25. The van der Waals surface area contributed by atoms with Crippen LogP contribution >= 0.6 is 0 Å². The molecule has 0 fully saturated rings. The average Bonchev–Trinajstić information content (AvgIpc) is 3.01. The molecule has 6 nitrogen and oxygen atoms in total. The molecule has 4 aromatic rings. The van der Waals surface area contributed by atoms with Crippen LogP contribution in [0.15, 0.2) is 67.8 Å². The SMILES string of the molecule is Oc1ccc2[nH]c(-c3cncnc3)cc2c1.c1cncnc1. The first kappa shape index (κ1) is 13.7. The highest BCUT2D eigenvalue weighted by atomic mass is 16.3. The topological polar surface area (TPSA) is 87.6 Å². The normalized spacial score (nSPS) is 10.0. The third-order valence-electron chi connectivity index (χ3n) is 2.95. The lowest BCUT2D eigenvalue weighted by Gasteiger charge is -1.93. The Balaban J connectivity index is 0.000000202. The fraction of sp³-hybridized carbons (Fsp3) is 0. The minimum absolute atomic E-state index is 0.266. The molecule has 0 saturated carbocycles. The lowest BCUT2D eigenvalue weighted by atomic mass is 10.2. The molecular formula is C16H13N5O. The van der Waals surface area contributed by atoms with Crippen molar-refractivity contribution >= 4 is 10.9 Å². The van der Waals surface area contributed by atoms with E-state index in [0.29, 0.717) is 0 Å². The number of hydrogen-bond acceptors (Lipinski definition) is 5. The second kappa shape index (κ2) is 6.45. The van der Waals surface area contributed by atoms with E-state index in [2.05, 4.69) is 24.9 Å². The summed E-state index contributed by atoms with van der Waals surface area (Å²) in [6.07, 6.45) is 9.87. The van der Waals surface area contributed by atoms with Gasteiger partial charge < -0.3 is 10.1 Å². The van der Waals surface area contributed by atoms with E-state index < -0.39 is 0 Å². The zero-order valence-corrected chi connectivity index (χ0v) is 11.6. The number of aromatic amines is 1. The van der Waals surface area contributed by atoms with Crippen molar-refractivity contribution in [2.45, 2.75) is 0 Å². The molecule has 0 radical (unpaired) electrons. The molecule has 3 heterocycles. The number of H-pyrrole nitrogens is 1. The highest BCUT2D eigenvalue weighted by molar-refractivity contribution is 5.86. The Morgan fingerprint density at radius 2 is 1.59 bits per heavy atom. The Bertz CT molecular complexity index is 819. The molecular weight excluding hydrogens is 278 g/mol. The predicted molar refractivity (Wildman–Crippen MR) is 83.0 cm³/mol. The summed E-state index contributed by atoms with van der Waals surface area (Å²) in [7, 11) is 0. The highest BCUT2D eigenvalue weighted by Gasteiger charge is 2.03. The number of aromatic nitrogens is 5. The van der Waals surface area contributed by atoms with Crippen molar-refractivity contribution in [3.63, 3.8) is 0 Å². The molecule has 0 amide bonds. The average molecular weight is 291 g/mol. The number of aromatic hydroxyl groups is 1. The van der Waals surface area contributed by atoms with Crippen molar-refractivity contribution in [3.8, 4) is 17.0 Å². The van der Waals surface area contributed by atoms with Crippen LogP contribution < -0.4 is 0 Å². The molecule has 0 aliphatic rings. The minimum Gasteiger partial charge on any atom is -0.508 e. The number of fused-ring (bicyclic) bond motifs is 1. The van der Waals surface area contributed by atoms with Crippen molar-refractivity contribution in [3.05, 3.63) is 67.8 Å². The minimum atomic E-state index is 0.266. The summed E-state index contributed by atoms with van der Waals surface area (Å²) in [5.41, 5.74) is 2.86. The number of benzene rings is 1. The van der Waals surface area contributed by atoms with Crippen LogP contribution in [0.3, 0.4) is 0 Å². The summed E-state index contributed by atoms with van der Waals surface area (Å²) >= 11 is 0. The fourth-order valence-electron chi connectivity index (χ4n) is 1.97. The summed E-state index contributed by atoms with van der Waals surface area (Å²) in [4.78, 5) is 18.5. The maximum atomic E-state index is 9.37. The third-order valence-corrected chi connectivity index (χ3v) is 2.95. The lowest BCUT2D eigenvalue weighted by Crippen LogP contribution is -1.80. The number of phenolic OH excluding ortho intramolecular Hbond substituents is 1. The second-order valence-electron chi connectivity index (χ2n) is 4.49. The lowest BCUT2D eigenvalue weighted by molar-refractivity contribution is 0.476.